The molecule has 1 aliphatic rings. The highest BCUT2D eigenvalue weighted by atomic mass is 31.3. The van der Waals surface area contributed by atoms with Crippen LogP contribution in [0.3, 0.4) is 0 Å². The van der Waals surface area contributed by atoms with Gasteiger partial charge >= 0.3 is 29.2 Å². The Morgan fingerprint density at radius 1 is 1.10 bits per heavy atom. The predicted molar refractivity (Wildman–Crippen MR) is 88.6 cm³/mol. The first kappa shape index (κ1) is 24.2. The van der Waals surface area contributed by atoms with E-state index in [1.165, 1.54) is 6.07 Å². The van der Waals surface area contributed by atoms with Gasteiger partial charge in [-0.15, -0.1) is 0 Å². The minimum absolute atomic E-state index is 0.122. The first-order chi connectivity index (χ1) is 13.1. The van der Waals surface area contributed by atoms with Crippen molar-refractivity contribution in [2.75, 3.05) is 12.3 Å². The molecule has 6 atom stereocenters. The monoisotopic (exact) mass is 488 g/mol. The zero-order chi connectivity index (χ0) is 22.2. The number of nitrogens with two attached hydrogens (primary N) is 1. The minimum Gasteiger partial charge on any atom is -0.387 e. The van der Waals surface area contributed by atoms with E-state index in [-0.39, 0.29) is 5.82 Å². The van der Waals surface area contributed by atoms with Gasteiger partial charge in [0.2, 0.25) is 0 Å². The summed E-state index contributed by atoms with van der Waals surface area (Å²) in [6, 6.07) is 1.20. The second-order valence-electron chi connectivity index (χ2n) is 5.48. The smallest absolute Gasteiger partial charge is 0.387 e. The largest absolute Gasteiger partial charge is 0.490 e. The molecule has 0 aliphatic carbocycles. The maximum absolute atomic E-state index is 11.8. The highest BCUT2D eigenvalue weighted by molar-refractivity contribution is 7.66. The van der Waals surface area contributed by atoms with Gasteiger partial charge in [0.1, 0.15) is 24.1 Å². The second kappa shape index (κ2) is 8.61. The van der Waals surface area contributed by atoms with Crippen molar-refractivity contribution in [2.45, 2.75) is 24.5 Å². The van der Waals surface area contributed by atoms with Crippen LogP contribution in [-0.4, -0.2) is 64.3 Å². The Kier molecular flexibility index (Phi) is 7.20. The van der Waals surface area contributed by atoms with Crippen LogP contribution in [0.5, 0.6) is 0 Å². The predicted octanol–water partition coefficient (Wildman–Crippen LogP) is -2.21. The Morgan fingerprint density at radius 3 is 2.28 bits per heavy atom. The Morgan fingerprint density at radius 2 is 1.72 bits per heavy atom. The molecule has 20 heteroatoms. The molecule has 1 saturated heterocycles. The van der Waals surface area contributed by atoms with Gasteiger partial charge in [-0.25, -0.2) is 18.5 Å². The lowest BCUT2D eigenvalue weighted by molar-refractivity contribution is -0.0541. The molecule has 2 heterocycles. The van der Waals surface area contributed by atoms with Crippen molar-refractivity contribution in [1.29, 1.82) is 0 Å². The number of hydrogen-bond donors (Lipinski definition) is 7. The Bertz CT molecular complexity index is 946. The molecule has 17 nitrogen and oxygen atoms in total. The summed E-state index contributed by atoms with van der Waals surface area (Å²) in [5.74, 6) is -0.122. The molecule has 1 aromatic rings. The Labute approximate surface area is 160 Å². The lowest BCUT2D eigenvalue weighted by atomic mass is 10.6. The zero-order valence-corrected chi connectivity index (χ0v) is 16.6. The lowest BCUT2D eigenvalue weighted by Gasteiger charge is -2.19. The van der Waals surface area contributed by atoms with Crippen molar-refractivity contribution in [1.82, 2.24) is 9.55 Å². The molecule has 166 valence electrons. The van der Waals surface area contributed by atoms with E-state index >= 15 is 0 Å². The van der Waals surface area contributed by atoms with Crippen LogP contribution >= 0.6 is 23.5 Å². The topological polar surface area (TPSA) is 270 Å². The summed E-state index contributed by atoms with van der Waals surface area (Å²) in [6.07, 6.45) is -5.38. The van der Waals surface area contributed by atoms with Crippen LogP contribution in [0, 0.1) is 0 Å². The SMILES string of the molecule is Nc1ccn([13C@@H]2O[13C@H]([13CH2]OP(=O)(O)OP(=O)(O)OP(=O)(O)O)[13C@@H](O)[13C@H]2O)c(=O)n1. The van der Waals surface area contributed by atoms with Gasteiger partial charge in [-0.3, -0.25) is 9.09 Å². The molecule has 0 aromatic carbocycles. The number of aliphatic hydroxyl groups is 2. The molecule has 2 unspecified atom stereocenters. The minimum atomic E-state index is -5.71. The summed E-state index contributed by atoms with van der Waals surface area (Å²) in [5.41, 5.74) is 4.39. The van der Waals surface area contributed by atoms with Crippen molar-refractivity contribution in [3.05, 3.63) is 22.7 Å². The van der Waals surface area contributed by atoms with Crippen LogP contribution in [0.1, 0.15) is 6.23 Å². The summed E-state index contributed by atoms with van der Waals surface area (Å²) in [5, 5.41) is 20.0. The number of nitrogen functional groups attached to an aromatic ring is 1. The van der Waals surface area contributed by atoms with Gasteiger partial charge in [-0.2, -0.15) is 13.6 Å². The van der Waals surface area contributed by atoms with E-state index in [4.69, 9.17) is 25.2 Å². The first-order valence-electron chi connectivity index (χ1n) is 7.25. The highest BCUT2D eigenvalue weighted by Gasteiger charge is 2.46. The second-order valence-corrected chi connectivity index (χ2v) is 9.90. The van der Waals surface area contributed by atoms with E-state index in [2.05, 4.69) is 18.1 Å². The van der Waals surface area contributed by atoms with E-state index in [1.54, 1.807) is 0 Å². The number of phosphoric acid groups is 3. The number of aromatic nitrogens is 2. The normalized spacial score (nSPS) is 29.3. The number of anilines is 1. The third-order valence-corrected chi connectivity index (χ3v) is 7.08. The molecule has 1 aliphatic heterocycles. The molecular weight excluding hydrogens is 472 g/mol. The van der Waals surface area contributed by atoms with Gasteiger partial charge in [0.05, 0.1) is 6.61 Å². The number of nitrogens with zero attached hydrogens (tertiary/aromatic N) is 2. The molecule has 8 N–H and O–H groups in total. The molecule has 0 saturated carbocycles. The van der Waals surface area contributed by atoms with Gasteiger partial charge in [-0.1, -0.05) is 0 Å². The van der Waals surface area contributed by atoms with Crippen LogP contribution in [0.25, 0.3) is 0 Å². The summed E-state index contributed by atoms with van der Waals surface area (Å²) >= 11 is 0. The van der Waals surface area contributed by atoms with Crippen LogP contribution in [0.15, 0.2) is 17.1 Å². The molecule has 29 heavy (non-hydrogen) atoms. The van der Waals surface area contributed by atoms with Gasteiger partial charge in [-0.05, 0) is 6.07 Å². The zero-order valence-electron chi connectivity index (χ0n) is 13.9. The highest BCUT2D eigenvalue weighted by Crippen LogP contribution is 2.66. The Balaban J connectivity index is 2.05. The molecule has 0 amide bonds. The number of phosphoric ester groups is 1. The lowest BCUT2D eigenvalue weighted by Crippen LogP contribution is -2.36. The van der Waals surface area contributed by atoms with Crippen LogP contribution in [-0.2, 0) is 31.6 Å². The molecule has 0 spiro atoms. The van der Waals surface area contributed by atoms with Crippen molar-refractivity contribution in [2.24, 2.45) is 0 Å². The fraction of sp³-hybridized carbons (Fsp3) is 0.556. The van der Waals surface area contributed by atoms with Gasteiger partial charge in [0, 0.05) is 6.20 Å². The maximum Gasteiger partial charge on any atom is 0.490 e. The van der Waals surface area contributed by atoms with E-state index in [0.29, 0.717) is 0 Å². The van der Waals surface area contributed by atoms with Crippen molar-refractivity contribution >= 4 is 29.3 Å². The van der Waals surface area contributed by atoms with Gasteiger partial charge in [0.25, 0.3) is 0 Å². The number of rotatable bonds is 8. The van der Waals surface area contributed by atoms with Gasteiger partial charge in [0.15, 0.2) is 6.23 Å². The summed E-state index contributed by atoms with van der Waals surface area (Å²) in [4.78, 5) is 50.5. The summed E-state index contributed by atoms with van der Waals surface area (Å²) < 4.78 is 50.8. The van der Waals surface area contributed by atoms with E-state index < -0.39 is 60.3 Å². The fourth-order valence-corrected chi connectivity index (χ4v) is 5.22. The molecule has 1 aromatic heterocycles. The number of hydrogen-bond acceptors (Lipinski definition) is 12. The maximum atomic E-state index is 11.8. The Hall–Kier alpha value is -1.03. The molecule has 0 bridgehead atoms. The molecule has 2 rings (SSSR count). The van der Waals surface area contributed by atoms with Gasteiger partial charge < -0.3 is 40.3 Å². The van der Waals surface area contributed by atoms with E-state index in [0.717, 1.165) is 10.8 Å². The summed E-state index contributed by atoms with van der Waals surface area (Å²) in [6.45, 7) is -1.02. The number of ether oxygens (including phenoxy) is 1. The fourth-order valence-electron chi connectivity index (χ4n) is 2.19. The van der Waals surface area contributed by atoms with Crippen molar-refractivity contribution in [3.8, 4) is 0 Å². The third kappa shape index (κ3) is 6.73. The van der Waals surface area contributed by atoms with Crippen LogP contribution in [0.2, 0.25) is 0 Å². The number of aliphatic hydroxyl groups excluding tert-OH is 2. The standard InChI is InChI=1S/C9H16N3O14P3/c10-5-1-2-12(9(15)11-5)8-7(14)6(13)4(24-8)3-23-28(19,20)26-29(21,22)25-27(16,17)18/h1-2,4,6-8,13-14H,3H2,(H,19,20)(H,21,22)(H2,10,11,15)(H2,16,17,18)/t4-,6-,7-,8-/m1/s1/i3+1,4+1,6+1,7+1,8+1. The van der Waals surface area contributed by atoms with E-state index in [1.807, 2.05) is 0 Å². The van der Waals surface area contributed by atoms with Crippen LogP contribution in [0.4, 0.5) is 5.82 Å². The van der Waals surface area contributed by atoms with Crippen LogP contribution < -0.4 is 11.4 Å². The van der Waals surface area contributed by atoms with Crippen molar-refractivity contribution in [3.63, 3.8) is 0 Å². The summed E-state index contributed by atoms with van der Waals surface area (Å²) in [7, 11) is -16.7. The average Bonchev–Trinajstić information content (AvgIpc) is 2.78. The average molecular weight is 488 g/mol. The van der Waals surface area contributed by atoms with Crippen molar-refractivity contribution < 1.29 is 61.4 Å². The quantitative estimate of drug-likeness (QED) is 0.151. The third-order valence-electron chi connectivity index (χ3n) is 3.28. The van der Waals surface area contributed by atoms with E-state index in [9.17, 15) is 33.6 Å². The molecule has 0 radical (unpaired) electrons. The molecular formula is C9H16N3O14P3. The molecule has 1 fully saturated rings. The first-order valence-corrected chi connectivity index (χ1v) is 11.8.